The molecule has 0 heterocycles. The van der Waals surface area contributed by atoms with Crippen molar-refractivity contribution in [3.63, 3.8) is 0 Å². The topological polar surface area (TPSA) is 58.6 Å². The summed E-state index contributed by atoms with van der Waals surface area (Å²) in [5.74, 6) is 0.448. The van der Waals surface area contributed by atoms with Crippen molar-refractivity contribution in [3.05, 3.63) is 182 Å². The van der Waals surface area contributed by atoms with Crippen LogP contribution in [-0.2, 0) is 4.57 Å². The van der Waals surface area contributed by atoms with Crippen LogP contribution in [-0.4, -0.2) is 0 Å². The van der Waals surface area contributed by atoms with Gasteiger partial charge >= 0.3 is 7.82 Å². The third-order valence-electron chi connectivity index (χ3n) is 6.49. The van der Waals surface area contributed by atoms with Gasteiger partial charge in [0.25, 0.3) is 0 Å². The number of phosphoric ester groups is 1. The Labute approximate surface area is 247 Å². The second-order valence-corrected chi connectivity index (χ2v) is 13.9. The Bertz CT molecular complexity index is 1480. The van der Waals surface area contributed by atoms with Crippen LogP contribution in [0.1, 0.15) is 0 Å². The van der Waals surface area contributed by atoms with Crippen molar-refractivity contribution in [1.82, 2.24) is 0 Å². The van der Waals surface area contributed by atoms with Crippen molar-refractivity contribution < 1.29 is 18.5 Å². The monoisotopic (exact) mass is 588 g/mol. The summed E-state index contributed by atoms with van der Waals surface area (Å²) in [5, 5.41) is 5.55. The summed E-state index contributed by atoms with van der Waals surface area (Å²) in [4.78, 5) is 11.6. The van der Waals surface area contributed by atoms with E-state index in [1.807, 2.05) is 0 Å². The van der Waals surface area contributed by atoms with Crippen LogP contribution in [0.25, 0.3) is 0 Å². The minimum atomic E-state index is -4.39. The molecule has 0 atom stereocenters. The van der Waals surface area contributed by atoms with Crippen LogP contribution in [0.2, 0.25) is 0 Å². The summed E-state index contributed by atoms with van der Waals surface area (Å²) in [5.41, 5.74) is 0. The molecule has 0 radical (unpaired) electrons. The van der Waals surface area contributed by atoms with Crippen molar-refractivity contribution >= 4 is 36.3 Å². The van der Waals surface area contributed by atoms with Crippen molar-refractivity contribution in [2.24, 2.45) is 0 Å². The van der Waals surface area contributed by atoms with Crippen LogP contribution in [0, 0.1) is 0 Å². The normalized spacial score (nSPS) is 11.1. The van der Waals surface area contributed by atoms with Gasteiger partial charge in [-0.3, -0.25) is 0 Å². The Morgan fingerprint density at radius 2 is 0.595 bits per heavy atom. The number of para-hydroxylation sites is 2. The predicted octanol–water partition coefficient (Wildman–Crippen LogP) is 6.92. The molecule has 0 spiro atoms. The van der Waals surface area contributed by atoms with Crippen LogP contribution >= 0.6 is 15.1 Å². The molecule has 0 saturated carbocycles. The average molecular weight is 589 g/mol. The van der Waals surface area contributed by atoms with E-state index in [1.165, 1.54) is 21.2 Å². The van der Waals surface area contributed by atoms with E-state index >= 15 is 0 Å². The minimum absolute atomic E-state index is 0.224. The Hall–Kier alpha value is -4.46. The molecule has 6 heteroatoms. The molecule has 0 bridgehead atoms. The smallest absolute Gasteiger partial charge is 0.372 e. The van der Waals surface area contributed by atoms with E-state index < -0.39 is 15.1 Å². The summed E-state index contributed by atoms with van der Waals surface area (Å²) < 4.78 is 21.1. The molecular formula is C36H30O4P2. The number of rotatable bonds is 8. The fourth-order valence-corrected chi connectivity index (χ4v) is 9.80. The van der Waals surface area contributed by atoms with Gasteiger partial charge in [0.15, 0.2) is 0 Å². The van der Waals surface area contributed by atoms with Gasteiger partial charge in [-0.15, -0.1) is 0 Å². The van der Waals surface area contributed by atoms with E-state index in [9.17, 15) is 9.46 Å². The quantitative estimate of drug-likeness (QED) is 0.181. The van der Waals surface area contributed by atoms with Gasteiger partial charge in [0.1, 0.15) is 40.0 Å². The lowest BCUT2D eigenvalue weighted by molar-refractivity contribution is -0.208. The summed E-state index contributed by atoms with van der Waals surface area (Å²) in [6, 6.07) is 60.2. The van der Waals surface area contributed by atoms with Gasteiger partial charge in [-0.2, -0.15) is 0 Å². The molecular weight excluding hydrogens is 558 g/mol. The third-order valence-corrected chi connectivity index (χ3v) is 11.7. The highest BCUT2D eigenvalue weighted by Crippen LogP contribution is 2.54. The molecule has 0 aromatic heterocycles. The van der Waals surface area contributed by atoms with Crippen LogP contribution in [0.15, 0.2) is 182 Å². The van der Waals surface area contributed by atoms with E-state index in [1.54, 1.807) is 60.7 Å². The van der Waals surface area contributed by atoms with Gasteiger partial charge in [-0.1, -0.05) is 109 Å². The van der Waals surface area contributed by atoms with Crippen molar-refractivity contribution in [2.45, 2.75) is 0 Å². The first-order valence-electron chi connectivity index (χ1n) is 13.5. The fourth-order valence-electron chi connectivity index (χ4n) is 4.74. The second-order valence-electron chi connectivity index (χ2n) is 9.27. The maximum absolute atomic E-state index is 11.6. The van der Waals surface area contributed by atoms with Gasteiger partial charge in [0.05, 0.1) is 0 Å². The maximum Gasteiger partial charge on any atom is 0.372 e. The highest BCUT2D eigenvalue weighted by atomic mass is 31.2. The number of hydrogen-bond acceptors (Lipinski definition) is 4. The van der Waals surface area contributed by atoms with E-state index in [0.29, 0.717) is 0 Å². The first kappa shape index (κ1) is 29.0. The lowest BCUT2D eigenvalue weighted by atomic mass is 10.3. The fraction of sp³-hybridized carbons (Fsp3) is 0. The van der Waals surface area contributed by atoms with E-state index in [2.05, 4.69) is 121 Å². The Morgan fingerprint density at radius 3 is 0.833 bits per heavy atom. The maximum atomic E-state index is 11.6. The Kier molecular flexibility index (Phi) is 9.64. The zero-order valence-corrected chi connectivity index (χ0v) is 24.6. The molecule has 6 aromatic carbocycles. The minimum Gasteiger partial charge on any atom is -0.736 e. The van der Waals surface area contributed by atoms with E-state index in [-0.39, 0.29) is 11.5 Å². The second kappa shape index (κ2) is 13.9. The van der Waals surface area contributed by atoms with Gasteiger partial charge < -0.3 is 13.9 Å². The molecule has 0 aliphatic heterocycles. The Balaban J connectivity index is 0.000000181. The summed E-state index contributed by atoms with van der Waals surface area (Å²) >= 11 is 0. The standard InChI is InChI=1S/C24H20P.C12H11O4P/c1-5-13-21(14-6-1)25(22-15-7-2-8-16-22,23-17-9-3-10-18-23)24-19-11-4-12-20-24;13-17(14,15-11-7-3-1-4-8-11)16-12-9-5-2-6-10-12/h1-20H;1-10H,(H,13,14)/q+1;/p-1. The molecule has 0 N–H and O–H groups in total. The van der Waals surface area contributed by atoms with Crippen molar-refractivity contribution in [1.29, 1.82) is 0 Å². The molecule has 42 heavy (non-hydrogen) atoms. The highest BCUT2D eigenvalue weighted by molar-refractivity contribution is 8.01. The lowest BCUT2D eigenvalue weighted by Gasteiger charge is -2.27. The third kappa shape index (κ3) is 7.05. The van der Waals surface area contributed by atoms with Gasteiger partial charge in [-0.25, -0.2) is 4.57 Å². The van der Waals surface area contributed by atoms with Crippen molar-refractivity contribution in [2.75, 3.05) is 0 Å². The molecule has 208 valence electrons. The molecule has 0 amide bonds. The van der Waals surface area contributed by atoms with Crippen molar-refractivity contribution in [3.8, 4) is 11.5 Å². The zero-order chi connectivity index (χ0) is 29.1. The number of hydrogen-bond donors (Lipinski definition) is 0. The van der Waals surface area contributed by atoms with Gasteiger partial charge in [0.2, 0.25) is 0 Å². The van der Waals surface area contributed by atoms with E-state index in [4.69, 9.17) is 9.05 Å². The zero-order valence-electron chi connectivity index (χ0n) is 22.8. The molecule has 0 unspecified atom stereocenters. The molecule has 6 rings (SSSR count). The number of benzene rings is 6. The van der Waals surface area contributed by atoms with Crippen LogP contribution in [0.5, 0.6) is 11.5 Å². The predicted molar refractivity (Wildman–Crippen MR) is 173 cm³/mol. The molecule has 6 aromatic rings. The van der Waals surface area contributed by atoms with Crippen LogP contribution in [0.3, 0.4) is 0 Å². The molecule has 0 aliphatic rings. The summed E-state index contributed by atoms with van der Waals surface area (Å²) in [7, 11) is -6.29. The van der Waals surface area contributed by atoms with E-state index in [0.717, 1.165) is 0 Å². The molecule has 0 saturated heterocycles. The first-order chi connectivity index (χ1) is 20.6. The van der Waals surface area contributed by atoms with Gasteiger partial charge in [0, 0.05) is 0 Å². The van der Waals surface area contributed by atoms with Gasteiger partial charge in [-0.05, 0) is 72.8 Å². The summed E-state index contributed by atoms with van der Waals surface area (Å²) in [6.45, 7) is 0. The summed E-state index contributed by atoms with van der Waals surface area (Å²) in [6.07, 6.45) is 0. The number of phosphoric acid groups is 1. The molecule has 0 aliphatic carbocycles. The van der Waals surface area contributed by atoms with Crippen LogP contribution in [0.4, 0.5) is 0 Å². The Morgan fingerprint density at radius 1 is 0.381 bits per heavy atom. The largest absolute Gasteiger partial charge is 0.736 e. The SMILES string of the molecule is O=P([O-])(Oc1ccccc1)Oc1ccccc1.c1ccc([P+](c2ccccc2)(c2ccccc2)c2ccccc2)cc1. The lowest BCUT2D eigenvalue weighted by Crippen LogP contribution is -2.38. The molecule has 4 nitrogen and oxygen atoms in total. The van der Waals surface area contributed by atoms with Crippen LogP contribution < -0.4 is 35.2 Å². The highest BCUT2D eigenvalue weighted by Gasteiger charge is 2.47. The first-order valence-corrected chi connectivity index (χ1v) is 16.7. The molecule has 0 fully saturated rings. The average Bonchev–Trinajstić information content (AvgIpc) is 3.04.